The summed E-state index contributed by atoms with van der Waals surface area (Å²) in [6.07, 6.45) is 0. The summed E-state index contributed by atoms with van der Waals surface area (Å²) in [5.74, 6) is 0. The van der Waals surface area contributed by atoms with Crippen LogP contribution in [0.1, 0.15) is 10.8 Å². The first-order valence-electron chi connectivity index (χ1n) is 5.30. The lowest BCUT2D eigenvalue weighted by Gasteiger charge is -2.15. The molecular weight excluding hydrogens is 234 g/mol. The number of thiophene rings is 1. The first kappa shape index (κ1) is 11.7. The number of benzene rings is 1. The van der Waals surface area contributed by atoms with E-state index >= 15 is 0 Å². The molecule has 0 saturated carbocycles. The van der Waals surface area contributed by atoms with Crippen molar-refractivity contribution in [2.75, 3.05) is 13.6 Å². The van der Waals surface area contributed by atoms with Crippen LogP contribution in [0.4, 0.5) is 0 Å². The minimum Gasteiger partial charge on any atom is -0.318 e. The van der Waals surface area contributed by atoms with Gasteiger partial charge in [-0.2, -0.15) is 0 Å². The van der Waals surface area contributed by atoms with Crippen molar-refractivity contribution in [2.24, 2.45) is 0 Å². The molecule has 1 unspecified atom stereocenters. The highest BCUT2D eigenvalue weighted by Gasteiger charge is 2.12. The maximum absolute atomic E-state index is 3.26. The standard InChI is InChI=1S/C13H15NS2/c1-14-10-12(11-6-3-2-4-7-11)16-13-8-5-9-15-13/h2-9,12,14H,10H2,1H3. The second-order valence-corrected chi connectivity index (χ2v) is 5.96. The zero-order valence-corrected chi connectivity index (χ0v) is 10.9. The molecule has 1 heterocycles. The van der Waals surface area contributed by atoms with Gasteiger partial charge in [0.15, 0.2) is 0 Å². The quantitative estimate of drug-likeness (QED) is 0.809. The van der Waals surface area contributed by atoms with E-state index in [1.165, 1.54) is 9.77 Å². The Morgan fingerprint density at radius 3 is 2.62 bits per heavy atom. The topological polar surface area (TPSA) is 12.0 Å². The Morgan fingerprint density at radius 2 is 2.00 bits per heavy atom. The van der Waals surface area contributed by atoms with Crippen LogP contribution >= 0.6 is 23.1 Å². The molecule has 84 valence electrons. The van der Waals surface area contributed by atoms with Crippen LogP contribution in [0.25, 0.3) is 0 Å². The maximum Gasteiger partial charge on any atom is 0.0604 e. The number of likely N-dealkylation sites (N-methyl/N-ethyl adjacent to an activating group) is 1. The van der Waals surface area contributed by atoms with Gasteiger partial charge < -0.3 is 5.32 Å². The summed E-state index contributed by atoms with van der Waals surface area (Å²) >= 11 is 3.74. The number of thioether (sulfide) groups is 1. The Kier molecular flexibility index (Phi) is 4.45. The Balaban J connectivity index is 2.11. The van der Waals surface area contributed by atoms with E-state index in [2.05, 4.69) is 53.2 Å². The van der Waals surface area contributed by atoms with Crippen LogP contribution < -0.4 is 5.32 Å². The predicted molar refractivity (Wildman–Crippen MR) is 73.3 cm³/mol. The molecule has 1 aromatic heterocycles. The number of nitrogens with one attached hydrogen (secondary N) is 1. The molecule has 0 bridgehead atoms. The average Bonchev–Trinajstić information content (AvgIpc) is 2.83. The Labute approximate surface area is 105 Å². The largest absolute Gasteiger partial charge is 0.318 e. The molecule has 3 heteroatoms. The molecule has 0 fully saturated rings. The van der Waals surface area contributed by atoms with Gasteiger partial charge >= 0.3 is 0 Å². The second-order valence-electron chi connectivity index (χ2n) is 3.51. The van der Waals surface area contributed by atoms with Crippen molar-refractivity contribution in [1.82, 2.24) is 5.32 Å². The van der Waals surface area contributed by atoms with E-state index in [1.807, 2.05) is 18.8 Å². The lowest BCUT2D eigenvalue weighted by atomic mass is 10.1. The van der Waals surface area contributed by atoms with E-state index in [0.717, 1.165) is 6.54 Å². The molecule has 0 radical (unpaired) electrons. The van der Waals surface area contributed by atoms with Crippen molar-refractivity contribution in [3.8, 4) is 0 Å². The minimum atomic E-state index is 0.491. The van der Waals surface area contributed by atoms with Gasteiger partial charge in [0.25, 0.3) is 0 Å². The maximum atomic E-state index is 3.26. The summed E-state index contributed by atoms with van der Waals surface area (Å²) in [5, 5.41) is 5.88. The Morgan fingerprint density at radius 1 is 1.19 bits per heavy atom. The van der Waals surface area contributed by atoms with E-state index < -0.39 is 0 Å². The van der Waals surface area contributed by atoms with Gasteiger partial charge in [0.05, 0.1) is 4.21 Å². The van der Waals surface area contributed by atoms with Crippen molar-refractivity contribution < 1.29 is 0 Å². The van der Waals surface area contributed by atoms with Gasteiger partial charge in [-0.15, -0.1) is 23.1 Å². The molecule has 2 aromatic rings. The Bertz CT molecular complexity index is 397. The fourth-order valence-electron chi connectivity index (χ4n) is 1.55. The normalized spacial score (nSPS) is 12.6. The van der Waals surface area contributed by atoms with Crippen molar-refractivity contribution in [3.05, 3.63) is 53.4 Å². The van der Waals surface area contributed by atoms with Gasteiger partial charge in [-0.05, 0) is 24.1 Å². The number of rotatable bonds is 5. The third-order valence-corrected chi connectivity index (χ3v) is 4.65. The summed E-state index contributed by atoms with van der Waals surface area (Å²) in [6, 6.07) is 15.0. The first-order valence-corrected chi connectivity index (χ1v) is 7.06. The lowest BCUT2D eigenvalue weighted by molar-refractivity contribution is 0.778. The molecule has 1 N–H and O–H groups in total. The summed E-state index contributed by atoms with van der Waals surface area (Å²) in [5.41, 5.74) is 1.38. The van der Waals surface area contributed by atoms with E-state index in [0.29, 0.717) is 5.25 Å². The highest BCUT2D eigenvalue weighted by Crippen LogP contribution is 2.36. The monoisotopic (exact) mass is 249 g/mol. The van der Waals surface area contributed by atoms with Crippen LogP contribution in [0.5, 0.6) is 0 Å². The van der Waals surface area contributed by atoms with Crippen LogP contribution in [0.2, 0.25) is 0 Å². The molecule has 16 heavy (non-hydrogen) atoms. The van der Waals surface area contributed by atoms with Gasteiger partial charge in [-0.1, -0.05) is 36.4 Å². The van der Waals surface area contributed by atoms with Gasteiger partial charge in [0, 0.05) is 11.8 Å². The minimum absolute atomic E-state index is 0.491. The molecule has 2 rings (SSSR count). The van der Waals surface area contributed by atoms with Crippen LogP contribution in [0.3, 0.4) is 0 Å². The van der Waals surface area contributed by atoms with Crippen LogP contribution in [0, 0.1) is 0 Å². The van der Waals surface area contributed by atoms with Gasteiger partial charge in [-0.3, -0.25) is 0 Å². The molecule has 0 aliphatic carbocycles. The number of hydrogen-bond acceptors (Lipinski definition) is 3. The van der Waals surface area contributed by atoms with E-state index in [9.17, 15) is 0 Å². The van der Waals surface area contributed by atoms with Crippen LogP contribution in [0.15, 0.2) is 52.1 Å². The lowest BCUT2D eigenvalue weighted by Crippen LogP contribution is -2.14. The van der Waals surface area contributed by atoms with Gasteiger partial charge in [0.1, 0.15) is 0 Å². The van der Waals surface area contributed by atoms with E-state index in [4.69, 9.17) is 0 Å². The third-order valence-electron chi connectivity index (χ3n) is 2.31. The van der Waals surface area contributed by atoms with Gasteiger partial charge in [0.2, 0.25) is 0 Å². The molecule has 0 aliphatic rings. The second kappa shape index (κ2) is 6.09. The van der Waals surface area contributed by atoms with Crippen LogP contribution in [-0.2, 0) is 0 Å². The van der Waals surface area contributed by atoms with E-state index in [1.54, 1.807) is 11.3 Å². The number of hydrogen-bond donors (Lipinski definition) is 1. The summed E-state index contributed by atoms with van der Waals surface area (Å²) in [7, 11) is 2.00. The Hall–Kier alpha value is -0.770. The molecule has 0 spiro atoms. The van der Waals surface area contributed by atoms with E-state index in [-0.39, 0.29) is 0 Å². The molecule has 1 nitrogen and oxygen atoms in total. The van der Waals surface area contributed by atoms with Crippen molar-refractivity contribution in [1.29, 1.82) is 0 Å². The molecule has 0 saturated heterocycles. The molecule has 1 atom stereocenters. The third kappa shape index (κ3) is 3.11. The SMILES string of the molecule is CNCC(Sc1cccs1)c1ccccc1. The molecule has 1 aromatic carbocycles. The van der Waals surface area contributed by atoms with Crippen LogP contribution in [-0.4, -0.2) is 13.6 Å². The molecule has 0 aliphatic heterocycles. The zero-order valence-electron chi connectivity index (χ0n) is 9.22. The predicted octanol–water partition coefficient (Wildman–Crippen LogP) is 3.80. The molecular formula is C13H15NS2. The highest BCUT2D eigenvalue weighted by molar-refractivity contribution is 8.01. The summed E-state index contributed by atoms with van der Waals surface area (Å²) < 4.78 is 1.38. The fourth-order valence-corrected chi connectivity index (χ4v) is 3.72. The zero-order chi connectivity index (χ0) is 11.2. The fraction of sp³-hybridized carbons (Fsp3) is 0.231. The summed E-state index contributed by atoms with van der Waals surface area (Å²) in [4.78, 5) is 0. The van der Waals surface area contributed by atoms with Crippen molar-refractivity contribution in [2.45, 2.75) is 9.46 Å². The smallest absolute Gasteiger partial charge is 0.0604 e. The van der Waals surface area contributed by atoms with Crippen molar-refractivity contribution >= 4 is 23.1 Å². The highest BCUT2D eigenvalue weighted by atomic mass is 32.2. The van der Waals surface area contributed by atoms with Gasteiger partial charge in [-0.25, -0.2) is 0 Å². The summed E-state index contributed by atoms with van der Waals surface area (Å²) in [6.45, 7) is 0.993. The first-order chi connectivity index (χ1) is 7.90. The average molecular weight is 249 g/mol. The van der Waals surface area contributed by atoms with Crippen molar-refractivity contribution in [3.63, 3.8) is 0 Å². The molecule has 0 amide bonds.